The van der Waals surface area contributed by atoms with Gasteiger partial charge in [-0.2, -0.15) is 7.82 Å². The quantitative estimate of drug-likeness (QED) is 0.308. The molecule has 0 radical (unpaired) electrons. The predicted octanol–water partition coefficient (Wildman–Crippen LogP) is -14.8. The molecule has 0 aliphatic carbocycles. The maximum Gasteiger partial charge on any atom is 1.00 e. The fourth-order valence-corrected chi connectivity index (χ4v) is 0. The summed E-state index contributed by atoms with van der Waals surface area (Å²) in [6.07, 6.45) is 0. The molecule has 0 aromatic heterocycles. The van der Waals surface area contributed by atoms with Crippen molar-refractivity contribution in [1.82, 2.24) is 0 Å². The Hall–Kier alpha value is 6.02. The molecule has 0 saturated heterocycles. The van der Waals surface area contributed by atoms with Gasteiger partial charge in [-0.25, -0.2) is 0 Å². The number of hydrogen-bond donors (Lipinski definition) is 0. The Morgan fingerprint density at radius 2 is 0.889 bits per heavy atom. The third-order valence-electron chi connectivity index (χ3n) is 0. The Labute approximate surface area is 203 Å². The Bertz CT molecular complexity index is 61.9. The van der Waals surface area contributed by atoms with Crippen molar-refractivity contribution in [2.24, 2.45) is 0 Å². The van der Waals surface area contributed by atoms with Crippen LogP contribution < -0.4 is 198 Å². The SMILES string of the molecule is O=P([O-])([O-])[O-].[K+].[K+].[K+].[Na+]. The molecule has 0 fully saturated rings. The molecule has 0 atom stereocenters. The molecule has 9 heteroatoms. The third-order valence-corrected chi connectivity index (χ3v) is 0. The van der Waals surface area contributed by atoms with Gasteiger partial charge in [0.2, 0.25) is 0 Å². The van der Waals surface area contributed by atoms with Gasteiger partial charge in [0.15, 0.2) is 0 Å². The molecule has 0 saturated carbocycles. The van der Waals surface area contributed by atoms with E-state index in [1.807, 2.05) is 0 Å². The van der Waals surface area contributed by atoms with E-state index in [1.54, 1.807) is 0 Å². The van der Waals surface area contributed by atoms with E-state index in [1.165, 1.54) is 0 Å². The van der Waals surface area contributed by atoms with Crippen molar-refractivity contribution >= 4 is 7.82 Å². The second-order valence-corrected chi connectivity index (χ2v) is 1.34. The van der Waals surface area contributed by atoms with Gasteiger partial charge < -0.3 is 19.2 Å². The molecule has 0 heterocycles. The summed E-state index contributed by atoms with van der Waals surface area (Å²) in [6, 6.07) is 0. The van der Waals surface area contributed by atoms with Crippen LogP contribution in [0.2, 0.25) is 0 Å². The van der Waals surface area contributed by atoms with Gasteiger partial charge in [-0.3, -0.25) is 0 Å². The average Bonchev–Trinajstić information content (AvgIpc) is 0.722. The van der Waals surface area contributed by atoms with Crippen LogP contribution in [0, 0.1) is 0 Å². The van der Waals surface area contributed by atoms with Gasteiger partial charge in [0.25, 0.3) is 0 Å². The van der Waals surface area contributed by atoms with Crippen molar-refractivity contribution in [3.63, 3.8) is 0 Å². The normalized spacial score (nSPS) is 6.56. The standard InChI is InChI=1S/3K.Na.H3O4P/c;;;;1-5(2,3)4/h;;;;(H3,1,2,3,4)/q4*+1;/p-3. The van der Waals surface area contributed by atoms with E-state index >= 15 is 0 Å². The fourth-order valence-electron chi connectivity index (χ4n) is 0. The van der Waals surface area contributed by atoms with Crippen molar-refractivity contribution in [3.05, 3.63) is 0 Å². The number of phosphoric acid groups is 1. The van der Waals surface area contributed by atoms with Gasteiger partial charge >= 0.3 is 184 Å². The Morgan fingerprint density at radius 3 is 0.889 bits per heavy atom. The molecule has 0 aliphatic heterocycles. The molecule has 0 aliphatic rings. The first-order valence-corrected chi connectivity index (χ1v) is 2.19. The van der Waals surface area contributed by atoms with Crippen molar-refractivity contribution in [2.45, 2.75) is 0 Å². The van der Waals surface area contributed by atoms with Gasteiger partial charge in [-0.1, -0.05) is 0 Å². The smallest absolute Gasteiger partial charge is 0.822 e. The number of hydrogen-bond acceptors (Lipinski definition) is 4. The van der Waals surface area contributed by atoms with Crippen LogP contribution in [0.3, 0.4) is 0 Å². The van der Waals surface area contributed by atoms with Crippen LogP contribution in [0.15, 0.2) is 0 Å². The van der Waals surface area contributed by atoms with E-state index in [9.17, 15) is 0 Å². The molecular weight excluding hydrogens is 235 g/mol. The Balaban J connectivity index is -0.0000000133. The molecule has 0 rings (SSSR count). The zero-order valence-corrected chi connectivity index (χ0v) is 18.3. The molecular formula is K3NaO4P+. The van der Waals surface area contributed by atoms with Crippen LogP contribution in [0.5, 0.6) is 0 Å². The van der Waals surface area contributed by atoms with Crippen LogP contribution in [-0.4, -0.2) is 0 Å². The maximum atomic E-state index is 8.55. The van der Waals surface area contributed by atoms with Gasteiger partial charge in [-0.15, -0.1) is 0 Å². The zero-order valence-electron chi connectivity index (χ0n) is 6.08. The average molecular weight is 235 g/mol. The monoisotopic (exact) mass is 235 g/mol. The van der Waals surface area contributed by atoms with E-state index < -0.39 is 7.82 Å². The van der Waals surface area contributed by atoms with E-state index in [-0.39, 0.29) is 184 Å². The molecule has 0 unspecified atom stereocenters. The second kappa shape index (κ2) is 16.4. The van der Waals surface area contributed by atoms with Gasteiger partial charge in [0.05, 0.1) is 0 Å². The molecule has 0 amide bonds. The van der Waals surface area contributed by atoms with Crippen LogP contribution in [0.4, 0.5) is 0 Å². The third kappa shape index (κ3) is 55.9. The maximum absolute atomic E-state index is 8.55. The van der Waals surface area contributed by atoms with Crippen LogP contribution in [0.1, 0.15) is 0 Å². The van der Waals surface area contributed by atoms with Gasteiger partial charge in [0, 0.05) is 0 Å². The van der Waals surface area contributed by atoms with Crippen LogP contribution in [-0.2, 0) is 4.57 Å². The molecule has 0 N–H and O–H groups in total. The van der Waals surface area contributed by atoms with E-state index in [4.69, 9.17) is 19.2 Å². The predicted molar refractivity (Wildman–Crippen MR) is 7.61 cm³/mol. The molecule has 9 heavy (non-hydrogen) atoms. The Morgan fingerprint density at radius 1 is 0.889 bits per heavy atom. The van der Waals surface area contributed by atoms with Crippen LogP contribution >= 0.6 is 7.82 Å². The molecule has 0 bridgehead atoms. The summed E-state index contributed by atoms with van der Waals surface area (Å²) in [7, 11) is -5.39. The zero-order chi connectivity index (χ0) is 4.50. The molecule has 0 aromatic rings. The molecule has 4 nitrogen and oxygen atoms in total. The van der Waals surface area contributed by atoms with Crippen LogP contribution in [0.25, 0.3) is 0 Å². The summed E-state index contributed by atoms with van der Waals surface area (Å²) in [4.78, 5) is 25.6. The van der Waals surface area contributed by atoms with E-state index in [0.29, 0.717) is 0 Å². The van der Waals surface area contributed by atoms with Crippen molar-refractivity contribution < 1.29 is 203 Å². The minimum atomic E-state index is -5.39. The minimum Gasteiger partial charge on any atom is -0.822 e. The van der Waals surface area contributed by atoms with Gasteiger partial charge in [0.1, 0.15) is 0 Å². The van der Waals surface area contributed by atoms with Crippen molar-refractivity contribution in [1.29, 1.82) is 0 Å². The summed E-state index contributed by atoms with van der Waals surface area (Å²) >= 11 is 0. The molecule has 0 aromatic carbocycles. The second-order valence-electron chi connectivity index (χ2n) is 0.447. The summed E-state index contributed by atoms with van der Waals surface area (Å²) in [5.74, 6) is 0. The van der Waals surface area contributed by atoms with Crippen molar-refractivity contribution in [2.75, 3.05) is 0 Å². The first-order valence-electron chi connectivity index (χ1n) is 0.730. The first kappa shape index (κ1) is 29.4. The van der Waals surface area contributed by atoms with E-state index in [0.717, 1.165) is 0 Å². The summed E-state index contributed by atoms with van der Waals surface area (Å²) in [5, 5.41) is 0. The first-order chi connectivity index (χ1) is 2.00. The number of rotatable bonds is 0. The molecule has 32 valence electrons. The molecule has 0 spiro atoms. The summed E-state index contributed by atoms with van der Waals surface area (Å²) in [5.41, 5.74) is 0. The minimum absolute atomic E-state index is 0. The van der Waals surface area contributed by atoms with Gasteiger partial charge in [-0.05, 0) is 0 Å². The van der Waals surface area contributed by atoms with Crippen molar-refractivity contribution in [3.8, 4) is 0 Å². The largest absolute Gasteiger partial charge is 1.00 e. The summed E-state index contributed by atoms with van der Waals surface area (Å²) < 4.78 is 8.55. The van der Waals surface area contributed by atoms with E-state index in [2.05, 4.69) is 0 Å². The fraction of sp³-hybridized carbons (Fsp3) is 0. The summed E-state index contributed by atoms with van der Waals surface area (Å²) in [6.45, 7) is 0. The topological polar surface area (TPSA) is 86.2 Å². The Kier molecular flexibility index (Phi) is 53.7.